The smallest absolute Gasteiger partial charge is 0.291 e. The molecule has 152 valence electrons. The molecule has 0 aliphatic carbocycles. The van der Waals surface area contributed by atoms with E-state index in [1.54, 1.807) is 29.7 Å². The van der Waals surface area contributed by atoms with Gasteiger partial charge in [0.2, 0.25) is 0 Å². The van der Waals surface area contributed by atoms with Gasteiger partial charge in [-0.3, -0.25) is 4.79 Å². The molecule has 1 atom stereocenters. The van der Waals surface area contributed by atoms with Gasteiger partial charge in [0.1, 0.15) is 10.8 Å². The number of aromatic nitrogens is 1. The fraction of sp³-hybridized carbons (Fsp3) is 0.130. The SMILES string of the molecule is Cc1sc(NC(=O)c2ccco2)c(C(Nc2ccccn2)c2ccc(Cl)cc2)c1C. The van der Waals surface area contributed by atoms with Crippen molar-refractivity contribution in [1.82, 2.24) is 4.98 Å². The summed E-state index contributed by atoms with van der Waals surface area (Å²) in [6.07, 6.45) is 3.23. The lowest BCUT2D eigenvalue weighted by molar-refractivity contribution is 0.0997. The zero-order valence-electron chi connectivity index (χ0n) is 16.5. The second-order valence-corrected chi connectivity index (χ2v) is 8.46. The number of carbonyl (C=O) groups excluding carboxylic acids is 1. The van der Waals surface area contributed by atoms with Gasteiger partial charge in [0, 0.05) is 21.7 Å². The van der Waals surface area contributed by atoms with Gasteiger partial charge in [0.05, 0.1) is 12.3 Å². The van der Waals surface area contributed by atoms with Crippen molar-refractivity contribution in [3.05, 3.63) is 99.4 Å². The monoisotopic (exact) mass is 437 g/mol. The molecular formula is C23H20ClN3O2S. The summed E-state index contributed by atoms with van der Waals surface area (Å²) in [5.41, 5.74) is 3.11. The van der Waals surface area contributed by atoms with Crippen LogP contribution in [-0.2, 0) is 0 Å². The molecule has 7 heteroatoms. The first kappa shape index (κ1) is 20.2. The van der Waals surface area contributed by atoms with Crippen molar-refractivity contribution < 1.29 is 9.21 Å². The Balaban J connectivity index is 1.77. The van der Waals surface area contributed by atoms with E-state index < -0.39 is 0 Å². The largest absolute Gasteiger partial charge is 0.459 e. The molecule has 5 nitrogen and oxygen atoms in total. The maximum absolute atomic E-state index is 12.7. The molecule has 0 fully saturated rings. The fourth-order valence-electron chi connectivity index (χ4n) is 3.23. The van der Waals surface area contributed by atoms with E-state index >= 15 is 0 Å². The van der Waals surface area contributed by atoms with Crippen LogP contribution in [-0.4, -0.2) is 10.9 Å². The number of pyridine rings is 1. The normalized spacial score (nSPS) is 11.8. The molecule has 0 saturated heterocycles. The first-order chi connectivity index (χ1) is 14.5. The molecule has 3 aromatic heterocycles. The number of amides is 1. The summed E-state index contributed by atoms with van der Waals surface area (Å²) < 4.78 is 5.25. The lowest BCUT2D eigenvalue weighted by Gasteiger charge is -2.22. The Bertz CT molecular complexity index is 1140. The van der Waals surface area contributed by atoms with Gasteiger partial charge in [0.25, 0.3) is 5.91 Å². The van der Waals surface area contributed by atoms with E-state index in [0.717, 1.165) is 32.4 Å². The van der Waals surface area contributed by atoms with Crippen molar-refractivity contribution >= 4 is 39.7 Å². The van der Waals surface area contributed by atoms with Crippen molar-refractivity contribution in [2.75, 3.05) is 10.6 Å². The van der Waals surface area contributed by atoms with E-state index in [-0.39, 0.29) is 17.7 Å². The number of benzene rings is 1. The number of hydrogen-bond acceptors (Lipinski definition) is 5. The first-order valence-electron chi connectivity index (χ1n) is 9.40. The average Bonchev–Trinajstić information content (AvgIpc) is 3.37. The molecule has 0 radical (unpaired) electrons. The Labute approximate surface area is 183 Å². The standard InChI is InChI=1S/C23H20ClN3O2S/c1-14-15(2)30-23(27-22(28)18-6-5-13-29-18)20(14)21(16-8-10-17(24)11-9-16)26-19-7-3-4-12-25-19/h3-13,21H,1-2H3,(H,25,26)(H,27,28). The van der Waals surface area contributed by atoms with Crippen LogP contribution in [0.4, 0.5) is 10.8 Å². The van der Waals surface area contributed by atoms with Crippen LogP contribution in [0.2, 0.25) is 5.02 Å². The van der Waals surface area contributed by atoms with Gasteiger partial charge in [-0.1, -0.05) is 29.8 Å². The highest BCUT2D eigenvalue weighted by atomic mass is 35.5. The third-order valence-electron chi connectivity index (χ3n) is 4.85. The van der Waals surface area contributed by atoms with Crippen LogP contribution in [0.1, 0.15) is 38.2 Å². The van der Waals surface area contributed by atoms with Gasteiger partial charge < -0.3 is 15.1 Å². The molecule has 1 unspecified atom stereocenters. The van der Waals surface area contributed by atoms with Gasteiger partial charge in [0.15, 0.2) is 5.76 Å². The number of rotatable bonds is 6. The molecule has 0 saturated carbocycles. The van der Waals surface area contributed by atoms with E-state index in [2.05, 4.69) is 22.5 Å². The number of carbonyl (C=O) groups is 1. The Kier molecular flexibility index (Phi) is 5.88. The van der Waals surface area contributed by atoms with E-state index in [0.29, 0.717) is 5.02 Å². The van der Waals surface area contributed by atoms with Crippen molar-refractivity contribution in [1.29, 1.82) is 0 Å². The highest BCUT2D eigenvalue weighted by Crippen LogP contribution is 2.41. The third-order valence-corrected chi connectivity index (χ3v) is 6.24. The summed E-state index contributed by atoms with van der Waals surface area (Å²) in [4.78, 5) is 18.2. The van der Waals surface area contributed by atoms with E-state index in [1.807, 2.05) is 49.4 Å². The summed E-state index contributed by atoms with van der Waals surface area (Å²) in [5.74, 6) is 0.726. The van der Waals surface area contributed by atoms with Crippen molar-refractivity contribution in [3.8, 4) is 0 Å². The Hall–Kier alpha value is -3.09. The topological polar surface area (TPSA) is 67.2 Å². The lowest BCUT2D eigenvalue weighted by atomic mass is 9.96. The Morgan fingerprint density at radius 2 is 1.90 bits per heavy atom. The lowest BCUT2D eigenvalue weighted by Crippen LogP contribution is -2.17. The average molecular weight is 438 g/mol. The zero-order valence-corrected chi connectivity index (χ0v) is 18.1. The summed E-state index contributed by atoms with van der Waals surface area (Å²) in [6, 6.07) is 16.5. The van der Waals surface area contributed by atoms with Crippen LogP contribution in [0.5, 0.6) is 0 Å². The third kappa shape index (κ3) is 4.25. The van der Waals surface area contributed by atoms with E-state index in [4.69, 9.17) is 16.0 Å². The van der Waals surface area contributed by atoms with Crippen molar-refractivity contribution in [2.24, 2.45) is 0 Å². The molecule has 1 amide bonds. The summed E-state index contributed by atoms with van der Waals surface area (Å²) in [5, 5.41) is 7.97. The second kappa shape index (κ2) is 8.73. The van der Waals surface area contributed by atoms with E-state index in [9.17, 15) is 4.79 Å². The van der Waals surface area contributed by atoms with Gasteiger partial charge in [-0.15, -0.1) is 11.3 Å². The number of anilines is 2. The number of thiophene rings is 1. The summed E-state index contributed by atoms with van der Waals surface area (Å²) >= 11 is 7.66. The summed E-state index contributed by atoms with van der Waals surface area (Å²) in [6.45, 7) is 4.11. The molecule has 1 aromatic carbocycles. The molecular weight excluding hydrogens is 418 g/mol. The molecule has 30 heavy (non-hydrogen) atoms. The molecule has 0 spiro atoms. The number of halogens is 1. The number of aryl methyl sites for hydroxylation is 1. The molecule has 0 aliphatic rings. The number of furan rings is 1. The minimum Gasteiger partial charge on any atom is -0.459 e. The molecule has 3 heterocycles. The first-order valence-corrected chi connectivity index (χ1v) is 10.6. The quantitative estimate of drug-likeness (QED) is 0.363. The number of nitrogens with one attached hydrogen (secondary N) is 2. The Morgan fingerprint density at radius 3 is 2.57 bits per heavy atom. The fourth-order valence-corrected chi connectivity index (χ4v) is 4.45. The number of nitrogens with zero attached hydrogens (tertiary/aromatic N) is 1. The van der Waals surface area contributed by atoms with Gasteiger partial charge in [-0.2, -0.15) is 0 Å². The molecule has 0 bridgehead atoms. The van der Waals surface area contributed by atoms with Gasteiger partial charge in [-0.25, -0.2) is 4.98 Å². The Morgan fingerprint density at radius 1 is 1.10 bits per heavy atom. The maximum atomic E-state index is 12.7. The highest BCUT2D eigenvalue weighted by molar-refractivity contribution is 7.16. The molecule has 2 N–H and O–H groups in total. The van der Waals surface area contributed by atoms with Crippen LogP contribution in [0.25, 0.3) is 0 Å². The second-order valence-electron chi connectivity index (χ2n) is 6.80. The predicted molar refractivity (Wildman–Crippen MR) is 122 cm³/mol. The van der Waals surface area contributed by atoms with Gasteiger partial charge >= 0.3 is 0 Å². The predicted octanol–water partition coefficient (Wildman–Crippen LogP) is 6.46. The minimum absolute atomic E-state index is 0.228. The molecule has 0 aliphatic heterocycles. The number of hydrogen-bond donors (Lipinski definition) is 2. The van der Waals surface area contributed by atoms with Crippen molar-refractivity contribution in [3.63, 3.8) is 0 Å². The highest BCUT2D eigenvalue weighted by Gasteiger charge is 2.25. The zero-order chi connectivity index (χ0) is 21.1. The van der Waals surface area contributed by atoms with Crippen LogP contribution in [0.15, 0.2) is 71.5 Å². The molecule has 4 aromatic rings. The van der Waals surface area contributed by atoms with Crippen LogP contribution < -0.4 is 10.6 Å². The van der Waals surface area contributed by atoms with Crippen molar-refractivity contribution in [2.45, 2.75) is 19.9 Å². The van der Waals surface area contributed by atoms with Crippen LogP contribution in [0, 0.1) is 13.8 Å². The molecule has 4 rings (SSSR count). The maximum Gasteiger partial charge on any atom is 0.291 e. The van der Waals surface area contributed by atoms with Crippen LogP contribution in [0.3, 0.4) is 0 Å². The summed E-state index contributed by atoms with van der Waals surface area (Å²) in [7, 11) is 0. The van der Waals surface area contributed by atoms with E-state index in [1.165, 1.54) is 6.26 Å². The van der Waals surface area contributed by atoms with Gasteiger partial charge in [-0.05, 0) is 61.4 Å². The van der Waals surface area contributed by atoms with Crippen LogP contribution >= 0.6 is 22.9 Å². The minimum atomic E-state index is -0.282.